The maximum atomic E-state index is 14.2. The summed E-state index contributed by atoms with van der Waals surface area (Å²) >= 11 is 0. The first-order chi connectivity index (χ1) is 20.7. The molecule has 2 amide bonds. The van der Waals surface area contributed by atoms with Gasteiger partial charge in [0.05, 0.1) is 24.8 Å². The van der Waals surface area contributed by atoms with E-state index in [1.165, 1.54) is 37.3 Å². The highest BCUT2D eigenvalue weighted by Crippen LogP contribution is 2.32. The number of benzene rings is 3. The highest BCUT2D eigenvalue weighted by molar-refractivity contribution is 7.92. The van der Waals surface area contributed by atoms with E-state index >= 15 is 0 Å². The number of aryl methyl sites for hydroxylation is 1. The first-order valence-electron chi connectivity index (χ1n) is 14.6. The molecule has 1 N–H and O–H groups in total. The Labute approximate surface area is 255 Å². The topological polar surface area (TPSA) is 105 Å². The number of unbranched alkanes of at least 4 members (excludes halogenated alkanes) is 1. The molecule has 0 fully saturated rings. The molecule has 0 aliphatic heterocycles. The molecule has 0 bridgehead atoms. The Morgan fingerprint density at radius 1 is 0.907 bits per heavy atom. The van der Waals surface area contributed by atoms with Gasteiger partial charge >= 0.3 is 0 Å². The molecule has 0 spiro atoms. The second kappa shape index (κ2) is 16.0. The summed E-state index contributed by atoms with van der Waals surface area (Å²) in [4.78, 5) is 28.9. The number of carbonyl (C=O) groups is 2. The van der Waals surface area contributed by atoms with Crippen molar-refractivity contribution in [2.24, 2.45) is 0 Å². The fourth-order valence-corrected chi connectivity index (χ4v) is 6.18. The molecule has 0 radical (unpaired) electrons. The van der Waals surface area contributed by atoms with Crippen LogP contribution in [0.3, 0.4) is 0 Å². The van der Waals surface area contributed by atoms with Crippen molar-refractivity contribution >= 4 is 27.5 Å². The number of nitrogens with zero attached hydrogens (tertiary/aromatic N) is 2. The van der Waals surface area contributed by atoms with Crippen LogP contribution in [-0.2, 0) is 26.0 Å². The summed E-state index contributed by atoms with van der Waals surface area (Å²) in [5.41, 5.74) is 2.28. The molecule has 43 heavy (non-hydrogen) atoms. The van der Waals surface area contributed by atoms with E-state index in [9.17, 15) is 18.0 Å². The average molecular weight is 610 g/mol. The van der Waals surface area contributed by atoms with Crippen molar-refractivity contribution in [2.75, 3.05) is 38.2 Å². The SMILES string of the molecule is CCCCNC(=O)[C@@H](CC)N(CCc1ccccc1)C(=O)CN(c1ccc(C)cc1)S(=O)(=O)c1ccc(OC)c(OC)c1. The zero-order valence-electron chi connectivity index (χ0n) is 25.7. The zero-order chi connectivity index (χ0) is 31.4. The highest BCUT2D eigenvalue weighted by Gasteiger charge is 2.33. The van der Waals surface area contributed by atoms with Gasteiger partial charge < -0.3 is 19.7 Å². The molecule has 0 heterocycles. The molecular formula is C33H43N3O6S. The number of hydrogen-bond donors (Lipinski definition) is 1. The number of amides is 2. The van der Waals surface area contributed by atoms with E-state index in [4.69, 9.17) is 9.47 Å². The van der Waals surface area contributed by atoms with Crippen LogP contribution >= 0.6 is 0 Å². The summed E-state index contributed by atoms with van der Waals surface area (Å²) in [5.74, 6) is -0.0931. The molecule has 3 aromatic rings. The minimum atomic E-state index is -4.24. The van der Waals surface area contributed by atoms with Crippen molar-refractivity contribution in [3.05, 3.63) is 83.9 Å². The van der Waals surface area contributed by atoms with E-state index in [0.717, 1.165) is 28.3 Å². The van der Waals surface area contributed by atoms with Gasteiger partial charge in [-0.25, -0.2) is 8.42 Å². The summed E-state index contributed by atoms with van der Waals surface area (Å²) in [6, 6.07) is 20.2. The number of ether oxygens (including phenoxy) is 2. The van der Waals surface area contributed by atoms with Crippen LogP contribution in [0.4, 0.5) is 5.69 Å². The zero-order valence-corrected chi connectivity index (χ0v) is 26.5. The van der Waals surface area contributed by atoms with Crippen LogP contribution in [0.2, 0.25) is 0 Å². The van der Waals surface area contributed by atoms with Crippen LogP contribution in [0.5, 0.6) is 11.5 Å². The van der Waals surface area contributed by atoms with Crippen LogP contribution in [0.25, 0.3) is 0 Å². The third kappa shape index (κ3) is 8.73. The van der Waals surface area contributed by atoms with Crippen molar-refractivity contribution in [1.82, 2.24) is 10.2 Å². The van der Waals surface area contributed by atoms with Crippen molar-refractivity contribution in [3.8, 4) is 11.5 Å². The van der Waals surface area contributed by atoms with E-state index in [1.54, 1.807) is 24.3 Å². The molecule has 0 aliphatic rings. The lowest BCUT2D eigenvalue weighted by molar-refractivity contribution is -0.139. The lowest BCUT2D eigenvalue weighted by Gasteiger charge is -2.33. The number of rotatable bonds is 16. The van der Waals surface area contributed by atoms with E-state index in [2.05, 4.69) is 5.32 Å². The van der Waals surface area contributed by atoms with Crippen LogP contribution in [0, 0.1) is 6.92 Å². The maximum Gasteiger partial charge on any atom is 0.264 e. The van der Waals surface area contributed by atoms with Crippen LogP contribution in [0.15, 0.2) is 77.7 Å². The van der Waals surface area contributed by atoms with Gasteiger partial charge in [-0.15, -0.1) is 0 Å². The first-order valence-corrected chi connectivity index (χ1v) is 16.0. The standard InChI is InChI=1S/C33H43N3O6S/c1-6-8-21-34-33(38)29(7-2)35(22-20-26-12-10-9-11-13-26)32(37)24-36(27-16-14-25(3)15-17-27)43(39,40)28-18-19-30(41-4)31(23-28)42-5/h9-19,23,29H,6-8,20-22,24H2,1-5H3,(H,34,38)/t29-/m1/s1. The molecule has 232 valence electrons. The van der Waals surface area contributed by atoms with Gasteiger partial charge in [-0.1, -0.05) is 68.3 Å². The normalized spacial score (nSPS) is 11.8. The van der Waals surface area contributed by atoms with Gasteiger partial charge in [0.2, 0.25) is 11.8 Å². The van der Waals surface area contributed by atoms with Gasteiger partial charge in [-0.05, 0) is 56.0 Å². The van der Waals surface area contributed by atoms with Crippen molar-refractivity contribution in [1.29, 1.82) is 0 Å². The molecule has 0 saturated carbocycles. The molecule has 1 atom stereocenters. The minimum absolute atomic E-state index is 0.0567. The monoisotopic (exact) mass is 609 g/mol. The van der Waals surface area contributed by atoms with Crippen molar-refractivity contribution in [2.45, 2.75) is 57.4 Å². The van der Waals surface area contributed by atoms with Gasteiger partial charge in [-0.3, -0.25) is 13.9 Å². The molecular weight excluding hydrogens is 566 g/mol. The van der Waals surface area contributed by atoms with E-state index < -0.39 is 28.5 Å². The molecule has 0 unspecified atom stereocenters. The smallest absolute Gasteiger partial charge is 0.264 e. The third-order valence-electron chi connectivity index (χ3n) is 7.24. The lowest BCUT2D eigenvalue weighted by atomic mass is 10.1. The van der Waals surface area contributed by atoms with Crippen LogP contribution in [-0.4, -0.2) is 65.0 Å². The number of anilines is 1. The van der Waals surface area contributed by atoms with Gasteiger partial charge in [-0.2, -0.15) is 0 Å². The number of nitrogens with one attached hydrogen (secondary N) is 1. The lowest BCUT2D eigenvalue weighted by Crippen LogP contribution is -2.53. The number of carbonyl (C=O) groups excluding carboxylic acids is 2. The number of sulfonamides is 1. The molecule has 3 aromatic carbocycles. The summed E-state index contributed by atoms with van der Waals surface area (Å²) in [7, 11) is -1.35. The predicted octanol–water partition coefficient (Wildman–Crippen LogP) is 4.97. The predicted molar refractivity (Wildman–Crippen MR) is 169 cm³/mol. The van der Waals surface area contributed by atoms with Crippen LogP contribution in [0.1, 0.15) is 44.2 Å². The second-order valence-electron chi connectivity index (χ2n) is 10.3. The average Bonchev–Trinajstić information content (AvgIpc) is 3.02. The van der Waals surface area contributed by atoms with E-state index in [-0.39, 0.29) is 23.1 Å². The summed E-state index contributed by atoms with van der Waals surface area (Å²) in [6.45, 7) is 6.06. The molecule has 0 aliphatic carbocycles. The summed E-state index contributed by atoms with van der Waals surface area (Å²) < 4.78 is 40.0. The van der Waals surface area contributed by atoms with Crippen molar-refractivity contribution in [3.63, 3.8) is 0 Å². The Hall–Kier alpha value is -4.05. The third-order valence-corrected chi connectivity index (χ3v) is 9.01. The van der Waals surface area contributed by atoms with Gasteiger partial charge in [0.1, 0.15) is 12.6 Å². The Morgan fingerprint density at radius 3 is 2.19 bits per heavy atom. The molecule has 10 heteroatoms. The maximum absolute atomic E-state index is 14.2. The first kappa shape index (κ1) is 33.5. The quantitative estimate of drug-likeness (QED) is 0.230. The molecule has 9 nitrogen and oxygen atoms in total. The molecule has 0 saturated heterocycles. The van der Waals surface area contributed by atoms with Gasteiger partial charge in [0.15, 0.2) is 11.5 Å². The fraction of sp³-hybridized carbons (Fsp3) is 0.394. The molecule has 0 aromatic heterocycles. The summed E-state index contributed by atoms with van der Waals surface area (Å²) in [5, 5.41) is 2.95. The van der Waals surface area contributed by atoms with Gasteiger partial charge in [0, 0.05) is 19.2 Å². The summed E-state index contributed by atoms with van der Waals surface area (Å²) in [6.07, 6.45) is 2.64. The Morgan fingerprint density at radius 2 is 1.58 bits per heavy atom. The van der Waals surface area contributed by atoms with E-state index in [1.807, 2.05) is 51.1 Å². The fourth-order valence-electron chi connectivity index (χ4n) is 4.75. The van der Waals surface area contributed by atoms with Crippen LogP contribution < -0.4 is 19.1 Å². The van der Waals surface area contributed by atoms with Gasteiger partial charge in [0.25, 0.3) is 10.0 Å². The Kier molecular flexibility index (Phi) is 12.4. The second-order valence-corrected chi connectivity index (χ2v) is 12.1. The Bertz CT molecular complexity index is 1450. The minimum Gasteiger partial charge on any atom is -0.493 e. The molecule has 3 rings (SSSR count). The number of methoxy groups -OCH3 is 2. The number of hydrogen-bond acceptors (Lipinski definition) is 6. The largest absolute Gasteiger partial charge is 0.493 e. The van der Waals surface area contributed by atoms with Crippen molar-refractivity contribution < 1.29 is 27.5 Å². The van der Waals surface area contributed by atoms with E-state index in [0.29, 0.717) is 30.8 Å². The Balaban J connectivity index is 2.02. The highest BCUT2D eigenvalue weighted by atomic mass is 32.2.